The third-order valence-corrected chi connectivity index (χ3v) is 5.30. The molecule has 1 saturated carbocycles. The van der Waals surface area contributed by atoms with E-state index >= 15 is 0 Å². The van der Waals surface area contributed by atoms with Crippen LogP contribution in [-0.2, 0) is 4.79 Å². The predicted molar refractivity (Wildman–Crippen MR) is 93.6 cm³/mol. The number of nitriles is 1. The molecule has 1 saturated heterocycles. The average molecular weight is 326 g/mol. The lowest BCUT2D eigenvalue weighted by Gasteiger charge is -2.23. The average Bonchev–Trinajstić information content (AvgIpc) is 3.02. The molecule has 0 radical (unpaired) electrons. The standard InChI is InChI=1S/C19H26N4O/c20-15-17-7-3-10-21-19(17)23-12-4-11-22(13-14-23)18(24)9-8-16-5-1-2-6-16/h3,7,10,16H,1-2,4-6,8-9,11-14H2. The van der Waals surface area contributed by atoms with E-state index in [2.05, 4.69) is 16.0 Å². The van der Waals surface area contributed by atoms with Crippen molar-refractivity contribution in [3.05, 3.63) is 23.9 Å². The van der Waals surface area contributed by atoms with E-state index in [1.54, 1.807) is 18.3 Å². The van der Waals surface area contributed by atoms with Gasteiger partial charge in [0.2, 0.25) is 5.91 Å². The summed E-state index contributed by atoms with van der Waals surface area (Å²) in [5.41, 5.74) is 0.610. The first-order chi connectivity index (χ1) is 11.8. The van der Waals surface area contributed by atoms with E-state index in [9.17, 15) is 10.1 Å². The summed E-state index contributed by atoms with van der Waals surface area (Å²) in [6.45, 7) is 3.14. The van der Waals surface area contributed by atoms with Gasteiger partial charge in [-0.2, -0.15) is 5.26 Å². The number of hydrogen-bond acceptors (Lipinski definition) is 4. The van der Waals surface area contributed by atoms with Crippen LogP contribution < -0.4 is 4.90 Å². The summed E-state index contributed by atoms with van der Waals surface area (Å²) in [6, 6.07) is 5.81. The maximum absolute atomic E-state index is 12.5. The van der Waals surface area contributed by atoms with Gasteiger partial charge in [-0.25, -0.2) is 4.98 Å². The zero-order valence-corrected chi connectivity index (χ0v) is 14.3. The number of carbonyl (C=O) groups excluding carboxylic acids is 1. The van der Waals surface area contributed by atoms with E-state index in [0.29, 0.717) is 17.9 Å². The third kappa shape index (κ3) is 4.05. The first-order valence-corrected chi connectivity index (χ1v) is 9.16. The second kappa shape index (κ2) is 8.14. The summed E-state index contributed by atoms with van der Waals surface area (Å²) in [5.74, 6) is 1.81. The van der Waals surface area contributed by atoms with Crippen LogP contribution in [0, 0.1) is 17.2 Å². The summed E-state index contributed by atoms with van der Waals surface area (Å²) in [4.78, 5) is 21.0. The monoisotopic (exact) mass is 326 g/mol. The molecule has 2 aliphatic rings. The molecule has 0 atom stereocenters. The van der Waals surface area contributed by atoms with Gasteiger partial charge in [0.15, 0.2) is 0 Å². The summed E-state index contributed by atoms with van der Waals surface area (Å²) >= 11 is 0. The first kappa shape index (κ1) is 16.8. The highest BCUT2D eigenvalue weighted by Gasteiger charge is 2.22. The maximum atomic E-state index is 12.5. The van der Waals surface area contributed by atoms with Crippen LogP contribution in [0.1, 0.15) is 50.5 Å². The van der Waals surface area contributed by atoms with Gasteiger partial charge in [0.05, 0.1) is 5.56 Å². The Hall–Kier alpha value is -2.09. The number of aromatic nitrogens is 1. The molecule has 0 N–H and O–H groups in total. The molecular weight excluding hydrogens is 300 g/mol. The number of anilines is 1. The molecule has 0 unspecified atom stereocenters. The van der Waals surface area contributed by atoms with Crippen molar-refractivity contribution < 1.29 is 4.79 Å². The van der Waals surface area contributed by atoms with E-state index in [1.165, 1.54) is 25.7 Å². The van der Waals surface area contributed by atoms with E-state index in [0.717, 1.165) is 50.8 Å². The molecule has 1 aliphatic heterocycles. The number of carbonyl (C=O) groups is 1. The summed E-state index contributed by atoms with van der Waals surface area (Å²) < 4.78 is 0. The molecule has 128 valence electrons. The molecule has 5 nitrogen and oxygen atoms in total. The molecule has 0 spiro atoms. The van der Waals surface area contributed by atoms with Crippen LogP contribution in [0.2, 0.25) is 0 Å². The second-order valence-corrected chi connectivity index (χ2v) is 6.90. The number of rotatable bonds is 4. The van der Waals surface area contributed by atoms with Crippen molar-refractivity contribution in [1.82, 2.24) is 9.88 Å². The lowest BCUT2D eigenvalue weighted by Crippen LogP contribution is -2.35. The fourth-order valence-corrected chi connectivity index (χ4v) is 3.90. The number of hydrogen-bond donors (Lipinski definition) is 0. The Morgan fingerprint density at radius 1 is 1.21 bits per heavy atom. The van der Waals surface area contributed by atoms with Gasteiger partial charge in [-0.1, -0.05) is 25.7 Å². The molecule has 1 aliphatic carbocycles. The molecule has 2 fully saturated rings. The highest BCUT2D eigenvalue weighted by atomic mass is 16.2. The fraction of sp³-hybridized carbons (Fsp3) is 0.632. The van der Waals surface area contributed by atoms with Crippen molar-refractivity contribution in [2.75, 3.05) is 31.1 Å². The minimum atomic E-state index is 0.297. The van der Waals surface area contributed by atoms with E-state index in [-0.39, 0.29) is 0 Å². The molecule has 5 heteroatoms. The maximum Gasteiger partial charge on any atom is 0.222 e. The Labute approximate surface area is 144 Å². The van der Waals surface area contributed by atoms with Gasteiger partial charge in [0.25, 0.3) is 0 Å². The van der Waals surface area contributed by atoms with Crippen molar-refractivity contribution in [3.63, 3.8) is 0 Å². The lowest BCUT2D eigenvalue weighted by molar-refractivity contribution is -0.131. The fourth-order valence-electron chi connectivity index (χ4n) is 3.90. The van der Waals surface area contributed by atoms with Gasteiger partial charge >= 0.3 is 0 Å². The summed E-state index contributed by atoms with van der Waals surface area (Å²) in [6.07, 6.45) is 9.68. The minimum Gasteiger partial charge on any atom is -0.354 e. The van der Waals surface area contributed by atoms with E-state index < -0.39 is 0 Å². The third-order valence-electron chi connectivity index (χ3n) is 5.30. The smallest absolute Gasteiger partial charge is 0.222 e. The van der Waals surface area contributed by atoms with Crippen molar-refractivity contribution in [3.8, 4) is 6.07 Å². The zero-order chi connectivity index (χ0) is 16.8. The van der Waals surface area contributed by atoms with Crippen molar-refractivity contribution >= 4 is 11.7 Å². The van der Waals surface area contributed by atoms with Crippen molar-refractivity contribution in [1.29, 1.82) is 5.26 Å². The van der Waals surface area contributed by atoms with Crippen molar-refractivity contribution in [2.24, 2.45) is 5.92 Å². The van der Waals surface area contributed by atoms with Crippen molar-refractivity contribution in [2.45, 2.75) is 44.9 Å². The van der Waals surface area contributed by atoms with E-state index in [1.807, 2.05) is 4.90 Å². The van der Waals surface area contributed by atoms with E-state index in [4.69, 9.17) is 0 Å². The Morgan fingerprint density at radius 3 is 2.83 bits per heavy atom. The normalized spacial score (nSPS) is 19.1. The highest BCUT2D eigenvalue weighted by molar-refractivity contribution is 5.76. The van der Waals surface area contributed by atoms with Gasteiger partial charge in [-0.15, -0.1) is 0 Å². The van der Waals surface area contributed by atoms with Crippen LogP contribution >= 0.6 is 0 Å². The van der Waals surface area contributed by atoms with Crippen LogP contribution in [0.25, 0.3) is 0 Å². The van der Waals surface area contributed by atoms with Gasteiger partial charge in [0.1, 0.15) is 11.9 Å². The van der Waals surface area contributed by atoms with Crippen LogP contribution in [0.3, 0.4) is 0 Å². The molecule has 24 heavy (non-hydrogen) atoms. The largest absolute Gasteiger partial charge is 0.354 e. The minimum absolute atomic E-state index is 0.297. The molecule has 2 heterocycles. The molecule has 0 bridgehead atoms. The molecule has 3 rings (SSSR count). The summed E-state index contributed by atoms with van der Waals surface area (Å²) in [5, 5.41) is 9.25. The second-order valence-electron chi connectivity index (χ2n) is 6.90. The number of nitrogens with zero attached hydrogens (tertiary/aromatic N) is 4. The summed E-state index contributed by atoms with van der Waals surface area (Å²) in [7, 11) is 0. The SMILES string of the molecule is N#Cc1cccnc1N1CCCN(C(=O)CCC2CCCC2)CC1. The van der Waals surface area contributed by atoms with Crippen LogP contribution in [-0.4, -0.2) is 42.0 Å². The van der Waals surface area contributed by atoms with Gasteiger partial charge in [-0.05, 0) is 30.9 Å². The Bertz CT molecular complexity index is 604. The topological polar surface area (TPSA) is 60.2 Å². The molecule has 1 aromatic heterocycles. The molecule has 1 aromatic rings. The van der Waals surface area contributed by atoms with Crippen LogP contribution in [0.4, 0.5) is 5.82 Å². The lowest BCUT2D eigenvalue weighted by atomic mass is 10.0. The number of amides is 1. The number of pyridine rings is 1. The highest BCUT2D eigenvalue weighted by Crippen LogP contribution is 2.28. The molecular formula is C19H26N4O. The van der Waals surface area contributed by atoms with Crippen LogP contribution in [0.15, 0.2) is 18.3 Å². The predicted octanol–water partition coefficient (Wildman–Crippen LogP) is 2.96. The Morgan fingerprint density at radius 2 is 2.04 bits per heavy atom. The quantitative estimate of drug-likeness (QED) is 0.853. The zero-order valence-electron chi connectivity index (χ0n) is 14.3. The Balaban J connectivity index is 1.54. The Kier molecular flexibility index (Phi) is 5.68. The van der Waals surface area contributed by atoms with Gasteiger partial charge in [0, 0.05) is 38.8 Å². The van der Waals surface area contributed by atoms with Crippen LogP contribution in [0.5, 0.6) is 0 Å². The molecule has 0 aromatic carbocycles. The first-order valence-electron chi connectivity index (χ1n) is 9.16. The van der Waals surface area contributed by atoms with Gasteiger partial charge in [-0.3, -0.25) is 4.79 Å². The molecule has 1 amide bonds. The van der Waals surface area contributed by atoms with Gasteiger partial charge < -0.3 is 9.80 Å².